The minimum atomic E-state index is -3.51. The molecule has 0 aliphatic rings. The van der Waals surface area contributed by atoms with Crippen LogP contribution in [0, 0.1) is 0 Å². The second-order valence-corrected chi connectivity index (χ2v) is 12.1. The van der Waals surface area contributed by atoms with Gasteiger partial charge in [0.1, 0.15) is 29.7 Å². The zero-order valence-electron chi connectivity index (χ0n) is 22.8. The largest absolute Gasteiger partial charge is 0.431 e. The van der Waals surface area contributed by atoms with Crippen LogP contribution in [0.3, 0.4) is 0 Å². The van der Waals surface area contributed by atoms with E-state index in [9.17, 15) is 18.7 Å². The number of carbonyl (C=O) groups is 2. The molecule has 2 aromatic carbocycles. The highest BCUT2D eigenvalue weighted by molar-refractivity contribution is 7.57. The fourth-order valence-electron chi connectivity index (χ4n) is 2.58. The first kappa shape index (κ1) is 33.7. The van der Waals surface area contributed by atoms with Crippen LogP contribution in [0.25, 0.3) is 0 Å². The molecule has 0 heterocycles. The van der Waals surface area contributed by atoms with Gasteiger partial charge in [-0.3, -0.25) is 18.7 Å². The molecule has 4 atom stereocenters. The molecule has 0 aliphatic carbocycles. The van der Waals surface area contributed by atoms with Gasteiger partial charge in [0, 0.05) is 13.2 Å². The van der Waals surface area contributed by atoms with E-state index in [0.717, 1.165) is 0 Å². The van der Waals surface area contributed by atoms with Gasteiger partial charge in [0.05, 0.1) is 6.04 Å². The molecule has 0 bridgehead atoms. The van der Waals surface area contributed by atoms with E-state index < -0.39 is 27.3 Å². The lowest BCUT2D eigenvalue weighted by Crippen LogP contribution is -2.32. The summed E-state index contributed by atoms with van der Waals surface area (Å²) in [5.41, 5.74) is 0. The van der Waals surface area contributed by atoms with E-state index in [1.807, 2.05) is 12.1 Å². The molecule has 4 unspecified atom stereocenters. The lowest BCUT2D eigenvalue weighted by Gasteiger charge is -2.22. The van der Waals surface area contributed by atoms with Gasteiger partial charge in [0.25, 0.3) is 0 Å². The molecule has 0 aromatic heterocycles. The Hall–Kier alpha value is -2.32. The molecule has 38 heavy (non-hydrogen) atoms. The molecule has 0 spiro atoms. The smallest absolute Gasteiger partial charge is 0.405 e. The SMILES string of the molecule is CCOCP(=O)(NC(C)C(C)=O)Oc1ccccc1.CCOCP(=O)(Oc1ccccc1)OC(C)C(C)=O. The topological polar surface area (TPSA) is 126 Å². The van der Waals surface area contributed by atoms with Gasteiger partial charge in [-0.05, 0) is 65.8 Å². The third-order valence-electron chi connectivity index (χ3n) is 4.79. The number of ketones is 2. The summed E-state index contributed by atoms with van der Waals surface area (Å²) in [4.78, 5) is 22.5. The molecule has 12 heteroatoms. The fraction of sp³-hybridized carbons (Fsp3) is 0.462. The summed E-state index contributed by atoms with van der Waals surface area (Å²) in [6.45, 7) is 10.4. The summed E-state index contributed by atoms with van der Waals surface area (Å²) >= 11 is 0. The lowest BCUT2D eigenvalue weighted by atomic mass is 10.3. The van der Waals surface area contributed by atoms with Gasteiger partial charge in [0.15, 0.2) is 12.1 Å². The van der Waals surface area contributed by atoms with Crippen LogP contribution in [0.4, 0.5) is 0 Å². The standard InChI is InChI=1S/C13H20NO4P.C13H19O5P/c1-4-17-10-19(16,14-11(2)12(3)15)18-13-8-6-5-7-9-13;1-4-16-10-19(15,17-12(3)11(2)14)18-13-8-6-5-7-9-13/h5-9,11H,4,10H2,1-3H3,(H,14,16);5-9,12H,4,10H2,1-3H3. The maximum Gasteiger partial charge on any atom is 0.405 e. The number of carbonyl (C=O) groups excluding carboxylic acids is 2. The number of Topliss-reactive ketones (excluding diaryl/α,β-unsaturated/α-hetero) is 2. The van der Waals surface area contributed by atoms with E-state index in [-0.39, 0.29) is 24.3 Å². The van der Waals surface area contributed by atoms with Crippen molar-refractivity contribution in [1.82, 2.24) is 5.09 Å². The van der Waals surface area contributed by atoms with Gasteiger partial charge >= 0.3 is 15.1 Å². The number of hydrogen-bond acceptors (Lipinski definition) is 9. The van der Waals surface area contributed by atoms with Crippen molar-refractivity contribution in [2.24, 2.45) is 0 Å². The van der Waals surface area contributed by atoms with Crippen molar-refractivity contribution in [1.29, 1.82) is 0 Å². The zero-order valence-corrected chi connectivity index (χ0v) is 24.6. The van der Waals surface area contributed by atoms with Crippen molar-refractivity contribution in [2.45, 2.75) is 53.7 Å². The molecule has 0 saturated carbocycles. The lowest BCUT2D eigenvalue weighted by molar-refractivity contribution is -0.123. The normalized spacial score (nSPS) is 15.5. The number of ether oxygens (including phenoxy) is 2. The Balaban J connectivity index is 0.000000380. The van der Waals surface area contributed by atoms with Crippen molar-refractivity contribution in [2.75, 3.05) is 25.9 Å². The van der Waals surface area contributed by atoms with E-state index >= 15 is 0 Å². The molecular formula is C26H39NO9P2. The van der Waals surface area contributed by atoms with Gasteiger partial charge in [-0.15, -0.1) is 0 Å². The highest BCUT2D eigenvalue weighted by Gasteiger charge is 2.31. The molecule has 0 fully saturated rings. The minimum Gasteiger partial charge on any atom is -0.431 e. The third-order valence-corrected chi connectivity index (χ3v) is 8.23. The van der Waals surface area contributed by atoms with Crippen molar-refractivity contribution >= 4 is 26.7 Å². The third kappa shape index (κ3) is 13.5. The molecule has 0 amide bonds. The van der Waals surface area contributed by atoms with Gasteiger partial charge in [0.2, 0.25) is 0 Å². The number of nitrogens with one attached hydrogen (secondary N) is 1. The summed E-state index contributed by atoms with van der Waals surface area (Å²) in [6, 6.07) is 17.0. The monoisotopic (exact) mass is 571 g/mol. The van der Waals surface area contributed by atoms with Crippen molar-refractivity contribution in [3.05, 3.63) is 60.7 Å². The van der Waals surface area contributed by atoms with E-state index in [1.165, 1.54) is 20.8 Å². The predicted molar refractivity (Wildman–Crippen MR) is 147 cm³/mol. The van der Waals surface area contributed by atoms with Crippen molar-refractivity contribution in [3.63, 3.8) is 0 Å². The van der Waals surface area contributed by atoms with Crippen LogP contribution in [0.2, 0.25) is 0 Å². The first-order valence-electron chi connectivity index (χ1n) is 12.2. The summed E-state index contributed by atoms with van der Waals surface area (Å²) in [5, 5.41) is 2.73. The summed E-state index contributed by atoms with van der Waals surface area (Å²) < 4.78 is 51.6. The summed E-state index contributed by atoms with van der Waals surface area (Å²) in [7, 11) is -6.77. The molecule has 0 saturated heterocycles. The molecule has 0 aliphatic heterocycles. The van der Waals surface area contributed by atoms with Crippen molar-refractivity contribution in [3.8, 4) is 11.5 Å². The van der Waals surface area contributed by atoms with Gasteiger partial charge in [-0.25, -0.2) is 9.65 Å². The van der Waals surface area contributed by atoms with Crippen LogP contribution in [0.5, 0.6) is 11.5 Å². The van der Waals surface area contributed by atoms with E-state index in [0.29, 0.717) is 24.7 Å². The molecular weight excluding hydrogens is 532 g/mol. The Morgan fingerprint density at radius 2 is 1.24 bits per heavy atom. The zero-order chi connectivity index (χ0) is 28.6. The van der Waals surface area contributed by atoms with Crippen LogP contribution < -0.4 is 14.1 Å². The first-order chi connectivity index (χ1) is 17.9. The molecule has 2 rings (SSSR count). The van der Waals surface area contributed by atoms with E-state index in [2.05, 4.69) is 5.09 Å². The maximum absolute atomic E-state index is 12.6. The average Bonchev–Trinajstić information content (AvgIpc) is 2.87. The van der Waals surface area contributed by atoms with Crippen LogP contribution in [0.15, 0.2) is 60.7 Å². The molecule has 212 valence electrons. The molecule has 2 aromatic rings. The van der Waals surface area contributed by atoms with Crippen LogP contribution in [0.1, 0.15) is 41.5 Å². The predicted octanol–water partition coefficient (Wildman–Crippen LogP) is 6.07. The van der Waals surface area contributed by atoms with Crippen LogP contribution in [-0.2, 0) is 32.7 Å². The average molecular weight is 572 g/mol. The first-order valence-corrected chi connectivity index (χ1v) is 15.8. The molecule has 1 N–H and O–H groups in total. The summed E-state index contributed by atoms with van der Waals surface area (Å²) in [6.07, 6.45) is -1.05. The van der Waals surface area contributed by atoms with Crippen LogP contribution in [-0.4, -0.2) is 49.6 Å². The maximum atomic E-state index is 12.6. The van der Waals surface area contributed by atoms with Gasteiger partial charge in [-0.2, -0.15) is 0 Å². The fourth-order valence-corrected chi connectivity index (χ4v) is 6.05. The van der Waals surface area contributed by atoms with Crippen molar-refractivity contribution < 1.29 is 41.8 Å². The Kier molecular flexibility index (Phi) is 15.3. The second-order valence-electron chi connectivity index (χ2n) is 8.16. The molecule has 0 radical (unpaired) electrons. The Morgan fingerprint density at radius 1 is 0.763 bits per heavy atom. The number of rotatable bonds is 16. The van der Waals surface area contributed by atoms with Crippen LogP contribution >= 0.6 is 15.1 Å². The Morgan fingerprint density at radius 3 is 1.68 bits per heavy atom. The van der Waals surface area contributed by atoms with E-state index in [4.69, 9.17) is 23.0 Å². The Labute approximate surface area is 225 Å². The molecule has 10 nitrogen and oxygen atoms in total. The number of benzene rings is 2. The number of hydrogen-bond donors (Lipinski definition) is 1. The number of para-hydroxylation sites is 2. The minimum absolute atomic E-state index is 0.0734. The van der Waals surface area contributed by atoms with Gasteiger partial charge in [-0.1, -0.05) is 36.4 Å². The highest BCUT2D eigenvalue weighted by Crippen LogP contribution is 2.49. The summed E-state index contributed by atoms with van der Waals surface area (Å²) in [5.74, 6) is 0.580. The van der Waals surface area contributed by atoms with Gasteiger partial charge < -0.3 is 18.5 Å². The Bertz CT molecular complexity index is 981. The quantitative estimate of drug-likeness (QED) is 0.237. The van der Waals surface area contributed by atoms with E-state index in [1.54, 1.807) is 69.3 Å². The highest BCUT2D eigenvalue weighted by atomic mass is 31.2. The second kappa shape index (κ2) is 17.3.